The molecule has 1 atom stereocenters. The molecule has 0 fully saturated rings. The summed E-state index contributed by atoms with van der Waals surface area (Å²) in [4.78, 5) is 4.28. The molecule has 5 heteroatoms. The lowest BCUT2D eigenvalue weighted by molar-refractivity contribution is 0.154. The molecule has 0 saturated heterocycles. The van der Waals surface area contributed by atoms with Gasteiger partial charge in [0, 0.05) is 10.9 Å². The van der Waals surface area contributed by atoms with Crippen LogP contribution in [-0.2, 0) is 13.0 Å². The Morgan fingerprint density at radius 2 is 2.05 bits per heavy atom. The Kier molecular flexibility index (Phi) is 4.03. The molecule has 0 radical (unpaired) electrons. The van der Waals surface area contributed by atoms with Gasteiger partial charge in [-0.05, 0) is 29.8 Å². The van der Waals surface area contributed by atoms with Crippen LogP contribution in [0.3, 0.4) is 0 Å². The smallest absolute Gasteiger partial charge is 0.127 e. The lowest BCUT2D eigenvalue weighted by Gasteiger charge is -2.13. The number of aromatic nitrogens is 2. The molecule has 0 spiro atoms. The van der Waals surface area contributed by atoms with E-state index in [1.54, 1.807) is 18.5 Å². The molecule has 3 nitrogen and oxygen atoms in total. The number of imidazole rings is 1. The van der Waals surface area contributed by atoms with Crippen molar-refractivity contribution in [2.75, 3.05) is 0 Å². The molecule has 21 heavy (non-hydrogen) atoms. The summed E-state index contributed by atoms with van der Waals surface area (Å²) in [7, 11) is 0. The standard InChI is InChI=1S/C16H14BrFN2O/c17-12-6-5-11(14(18)8-12)7-13(21)9-20-10-19-15-3-1-2-4-16(15)20/h1-6,8,10,13,21H,7,9H2. The van der Waals surface area contributed by atoms with Gasteiger partial charge in [0.15, 0.2) is 0 Å². The molecule has 3 rings (SSSR count). The first kappa shape index (κ1) is 14.2. The lowest BCUT2D eigenvalue weighted by atomic mass is 10.1. The van der Waals surface area contributed by atoms with Crippen molar-refractivity contribution in [1.29, 1.82) is 0 Å². The molecule has 1 aromatic heterocycles. The second-order valence-electron chi connectivity index (χ2n) is 4.98. The normalized spacial score (nSPS) is 12.7. The summed E-state index contributed by atoms with van der Waals surface area (Å²) >= 11 is 3.22. The van der Waals surface area contributed by atoms with Gasteiger partial charge in [-0.25, -0.2) is 9.37 Å². The van der Waals surface area contributed by atoms with Crippen LogP contribution in [0.15, 0.2) is 53.3 Å². The average Bonchev–Trinajstić information content (AvgIpc) is 2.85. The van der Waals surface area contributed by atoms with Gasteiger partial charge >= 0.3 is 0 Å². The molecule has 0 aliphatic heterocycles. The van der Waals surface area contributed by atoms with Gasteiger partial charge in [0.2, 0.25) is 0 Å². The van der Waals surface area contributed by atoms with E-state index in [-0.39, 0.29) is 12.2 Å². The van der Waals surface area contributed by atoms with E-state index in [1.807, 2.05) is 28.8 Å². The molecule has 2 aromatic carbocycles. The van der Waals surface area contributed by atoms with E-state index in [1.165, 1.54) is 6.07 Å². The highest BCUT2D eigenvalue weighted by molar-refractivity contribution is 9.10. The number of para-hydroxylation sites is 2. The Balaban J connectivity index is 1.75. The number of benzene rings is 2. The number of hydrogen-bond donors (Lipinski definition) is 1. The summed E-state index contributed by atoms with van der Waals surface area (Å²) in [6.07, 6.45) is 1.30. The summed E-state index contributed by atoms with van der Waals surface area (Å²) in [6, 6.07) is 12.6. The first-order valence-electron chi connectivity index (χ1n) is 6.65. The molecular formula is C16H14BrFN2O. The minimum Gasteiger partial charge on any atom is -0.391 e. The average molecular weight is 349 g/mol. The summed E-state index contributed by atoms with van der Waals surface area (Å²) in [5.41, 5.74) is 2.36. The Morgan fingerprint density at radius 3 is 2.86 bits per heavy atom. The summed E-state index contributed by atoms with van der Waals surface area (Å²) < 4.78 is 16.4. The second-order valence-corrected chi connectivity index (χ2v) is 5.90. The fourth-order valence-electron chi connectivity index (χ4n) is 2.39. The van der Waals surface area contributed by atoms with Crippen LogP contribution >= 0.6 is 15.9 Å². The maximum Gasteiger partial charge on any atom is 0.127 e. The van der Waals surface area contributed by atoms with Gasteiger partial charge in [0.25, 0.3) is 0 Å². The van der Waals surface area contributed by atoms with E-state index >= 15 is 0 Å². The molecule has 108 valence electrons. The lowest BCUT2D eigenvalue weighted by Crippen LogP contribution is -2.18. The van der Waals surface area contributed by atoms with Crippen LogP contribution in [0.4, 0.5) is 4.39 Å². The Hall–Kier alpha value is -1.72. The predicted octanol–water partition coefficient (Wildman–Crippen LogP) is 3.54. The summed E-state index contributed by atoms with van der Waals surface area (Å²) in [5, 5.41) is 10.2. The molecule has 1 heterocycles. The van der Waals surface area contributed by atoms with E-state index in [2.05, 4.69) is 20.9 Å². The molecule has 0 aliphatic rings. The molecule has 0 saturated carbocycles. The Morgan fingerprint density at radius 1 is 1.24 bits per heavy atom. The van der Waals surface area contributed by atoms with Gasteiger partial charge in [0.1, 0.15) is 5.82 Å². The van der Waals surface area contributed by atoms with Crippen LogP contribution in [0, 0.1) is 5.82 Å². The van der Waals surface area contributed by atoms with Crippen LogP contribution < -0.4 is 0 Å². The molecule has 1 unspecified atom stereocenters. The van der Waals surface area contributed by atoms with Crippen molar-refractivity contribution in [2.24, 2.45) is 0 Å². The number of nitrogens with zero attached hydrogens (tertiary/aromatic N) is 2. The fourth-order valence-corrected chi connectivity index (χ4v) is 2.72. The van der Waals surface area contributed by atoms with Crippen LogP contribution in [0.2, 0.25) is 0 Å². The topological polar surface area (TPSA) is 38.0 Å². The highest BCUT2D eigenvalue weighted by atomic mass is 79.9. The monoisotopic (exact) mass is 348 g/mol. The zero-order valence-electron chi connectivity index (χ0n) is 11.2. The molecule has 0 bridgehead atoms. The van der Waals surface area contributed by atoms with Crippen LogP contribution in [0.25, 0.3) is 11.0 Å². The maximum absolute atomic E-state index is 13.8. The van der Waals surface area contributed by atoms with Gasteiger partial charge in [-0.1, -0.05) is 34.1 Å². The molecular weight excluding hydrogens is 335 g/mol. The number of halogens is 2. The van der Waals surface area contributed by atoms with Crippen molar-refractivity contribution < 1.29 is 9.50 Å². The quantitative estimate of drug-likeness (QED) is 0.782. The summed E-state index contributed by atoms with van der Waals surface area (Å²) in [6.45, 7) is 0.385. The minimum absolute atomic E-state index is 0.269. The van der Waals surface area contributed by atoms with Crippen LogP contribution in [0.5, 0.6) is 0 Å². The largest absolute Gasteiger partial charge is 0.391 e. The molecule has 0 amide bonds. The first-order chi connectivity index (χ1) is 10.1. The zero-order chi connectivity index (χ0) is 14.8. The van der Waals surface area contributed by atoms with Gasteiger partial charge in [0.05, 0.1) is 30.0 Å². The summed E-state index contributed by atoms with van der Waals surface area (Å²) in [5.74, 6) is -0.307. The van der Waals surface area contributed by atoms with Crippen molar-refractivity contribution in [3.8, 4) is 0 Å². The van der Waals surface area contributed by atoms with Gasteiger partial charge in [-0.15, -0.1) is 0 Å². The van der Waals surface area contributed by atoms with Crippen LogP contribution in [-0.4, -0.2) is 20.8 Å². The SMILES string of the molecule is OC(Cc1ccc(Br)cc1F)Cn1cnc2ccccc21. The maximum atomic E-state index is 13.8. The van der Waals surface area contributed by atoms with Crippen molar-refractivity contribution in [1.82, 2.24) is 9.55 Å². The van der Waals surface area contributed by atoms with E-state index in [0.717, 1.165) is 11.0 Å². The van der Waals surface area contributed by atoms with E-state index in [4.69, 9.17) is 0 Å². The van der Waals surface area contributed by atoms with Crippen LogP contribution in [0.1, 0.15) is 5.56 Å². The van der Waals surface area contributed by atoms with Crippen molar-refractivity contribution in [3.05, 3.63) is 64.6 Å². The van der Waals surface area contributed by atoms with Crippen molar-refractivity contribution in [2.45, 2.75) is 19.1 Å². The zero-order valence-corrected chi connectivity index (χ0v) is 12.8. The van der Waals surface area contributed by atoms with Gasteiger partial charge in [-0.3, -0.25) is 0 Å². The Labute approximate surface area is 130 Å². The van der Waals surface area contributed by atoms with E-state index in [9.17, 15) is 9.50 Å². The number of aliphatic hydroxyl groups excluding tert-OH is 1. The third-order valence-electron chi connectivity index (χ3n) is 3.41. The predicted molar refractivity (Wildman–Crippen MR) is 83.5 cm³/mol. The second kappa shape index (κ2) is 5.95. The number of rotatable bonds is 4. The minimum atomic E-state index is -0.668. The number of hydrogen-bond acceptors (Lipinski definition) is 2. The van der Waals surface area contributed by atoms with E-state index < -0.39 is 6.10 Å². The highest BCUT2D eigenvalue weighted by Crippen LogP contribution is 2.18. The van der Waals surface area contributed by atoms with E-state index in [0.29, 0.717) is 16.6 Å². The van der Waals surface area contributed by atoms with Gasteiger partial charge in [-0.2, -0.15) is 0 Å². The number of fused-ring (bicyclic) bond motifs is 1. The molecule has 0 aliphatic carbocycles. The third-order valence-corrected chi connectivity index (χ3v) is 3.90. The highest BCUT2D eigenvalue weighted by Gasteiger charge is 2.12. The van der Waals surface area contributed by atoms with Gasteiger partial charge < -0.3 is 9.67 Å². The molecule has 3 aromatic rings. The fraction of sp³-hybridized carbons (Fsp3) is 0.188. The first-order valence-corrected chi connectivity index (χ1v) is 7.44. The number of aliphatic hydroxyl groups is 1. The third kappa shape index (κ3) is 3.14. The Bertz CT molecular complexity index is 772. The van der Waals surface area contributed by atoms with Crippen molar-refractivity contribution in [3.63, 3.8) is 0 Å². The van der Waals surface area contributed by atoms with Crippen molar-refractivity contribution >= 4 is 27.0 Å². The molecule has 1 N–H and O–H groups in total.